The summed E-state index contributed by atoms with van der Waals surface area (Å²) in [5, 5.41) is 12.5. The van der Waals surface area contributed by atoms with Crippen molar-refractivity contribution >= 4 is 11.9 Å². The third-order valence-electron chi connectivity index (χ3n) is 5.30. The molecule has 1 heterocycles. The number of aliphatic carboxylic acids is 1. The zero-order valence-corrected chi connectivity index (χ0v) is 13.8. The van der Waals surface area contributed by atoms with E-state index in [-0.39, 0.29) is 12.5 Å². The van der Waals surface area contributed by atoms with Gasteiger partial charge in [0.05, 0.1) is 17.9 Å². The molecule has 6 heteroatoms. The number of methoxy groups -OCH3 is 1. The molecule has 0 aromatic heterocycles. The van der Waals surface area contributed by atoms with Crippen molar-refractivity contribution in [1.82, 2.24) is 5.32 Å². The fourth-order valence-corrected chi connectivity index (χ4v) is 3.43. The quantitative estimate of drug-likeness (QED) is 0.828. The van der Waals surface area contributed by atoms with E-state index in [2.05, 4.69) is 5.32 Å². The van der Waals surface area contributed by atoms with E-state index < -0.39 is 16.8 Å². The summed E-state index contributed by atoms with van der Waals surface area (Å²) in [4.78, 5) is 24.5. The first-order chi connectivity index (χ1) is 11.5. The average Bonchev–Trinajstić information content (AvgIpc) is 3.42. The number of carboxylic acid groups (broad SMARTS) is 1. The van der Waals surface area contributed by atoms with E-state index >= 15 is 0 Å². The van der Waals surface area contributed by atoms with Crippen LogP contribution in [0.5, 0.6) is 5.75 Å². The summed E-state index contributed by atoms with van der Waals surface area (Å²) in [7, 11) is 1.59. The van der Waals surface area contributed by atoms with Crippen molar-refractivity contribution in [1.29, 1.82) is 0 Å². The molecule has 0 spiro atoms. The summed E-state index contributed by atoms with van der Waals surface area (Å²) in [5.41, 5.74) is -0.635. The molecule has 2 fully saturated rings. The first-order valence-electron chi connectivity index (χ1n) is 8.27. The number of carbonyl (C=O) groups is 2. The molecule has 0 unspecified atom stereocenters. The monoisotopic (exact) mass is 333 g/mol. The normalized spacial score (nSPS) is 20.9. The van der Waals surface area contributed by atoms with Crippen molar-refractivity contribution in [2.45, 2.75) is 31.1 Å². The summed E-state index contributed by atoms with van der Waals surface area (Å²) >= 11 is 0. The molecule has 1 aromatic carbocycles. The van der Waals surface area contributed by atoms with Gasteiger partial charge in [-0.25, -0.2) is 0 Å². The lowest BCUT2D eigenvalue weighted by Gasteiger charge is -2.33. The Morgan fingerprint density at radius 1 is 1.21 bits per heavy atom. The van der Waals surface area contributed by atoms with Gasteiger partial charge in [-0.2, -0.15) is 0 Å². The molecular weight excluding hydrogens is 310 g/mol. The molecule has 0 atom stereocenters. The highest BCUT2D eigenvalue weighted by Crippen LogP contribution is 2.51. The maximum atomic E-state index is 12.8. The molecule has 0 bridgehead atoms. The van der Waals surface area contributed by atoms with Gasteiger partial charge in [0, 0.05) is 25.3 Å². The van der Waals surface area contributed by atoms with Gasteiger partial charge in [0.15, 0.2) is 0 Å². The van der Waals surface area contributed by atoms with E-state index in [1.807, 2.05) is 24.3 Å². The van der Waals surface area contributed by atoms with Crippen LogP contribution in [0.3, 0.4) is 0 Å². The van der Waals surface area contributed by atoms with E-state index in [0.29, 0.717) is 31.8 Å². The average molecular weight is 333 g/mol. The van der Waals surface area contributed by atoms with E-state index in [4.69, 9.17) is 9.47 Å². The van der Waals surface area contributed by atoms with Crippen LogP contribution in [0.15, 0.2) is 24.3 Å². The topological polar surface area (TPSA) is 84.9 Å². The maximum Gasteiger partial charge on any atom is 0.311 e. The minimum absolute atomic E-state index is 0.112. The second-order valence-electron chi connectivity index (χ2n) is 6.66. The summed E-state index contributed by atoms with van der Waals surface area (Å²) in [6.07, 6.45) is 2.35. The number of carbonyl (C=O) groups excluding carboxylic acids is 1. The largest absolute Gasteiger partial charge is 0.496 e. The van der Waals surface area contributed by atoms with Crippen LogP contribution in [-0.4, -0.2) is 43.9 Å². The first-order valence-corrected chi connectivity index (χ1v) is 8.27. The fourth-order valence-electron chi connectivity index (χ4n) is 3.43. The Balaban J connectivity index is 1.74. The minimum Gasteiger partial charge on any atom is -0.496 e. The first kappa shape index (κ1) is 16.8. The number of amides is 1. The molecule has 2 aliphatic rings. The molecule has 1 amide bonds. The number of para-hydroxylation sites is 1. The van der Waals surface area contributed by atoms with Gasteiger partial charge in [-0.15, -0.1) is 0 Å². The number of hydrogen-bond acceptors (Lipinski definition) is 4. The van der Waals surface area contributed by atoms with Crippen LogP contribution in [0.1, 0.15) is 31.2 Å². The van der Waals surface area contributed by atoms with Gasteiger partial charge < -0.3 is 19.9 Å². The van der Waals surface area contributed by atoms with Gasteiger partial charge >= 0.3 is 5.97 Å². The summed E-state index contributed by atoms with van der Waals surface area (Å²) < 4.78 is 10.7. The van der Waals surface area contributed by atoms with Gasteiger partial charge in [-0.05, 0) is 31.7 Å². The highest BCUT2D eigenvalue weighted by Gasteiger charge is 2.53. The van der Waals surface area contributed by atoms with Gasteiger partial charge in [0.25, 0.3) is 0 Å². The predicted octanol–water partition coefficient (Wildman–Crippen LogP) is 1.72. The lowest BCUT2D eigenvalue weighted by atomic mass is 9.80. The van der Waals surface area contributed by atoms with Crippen molar-refractivity contribution in [3.8, 4) is 5.75 Å². The Morgan fingerprint density at radius 2 is 1.88 bits per heavy atom. The van der Waals surface area contributed by atoms with Gasteiger partial charge in [-0.1, -0.05) is 18.2 Å². The molecule has 2 N–H and O–H groups in total. The molecule has 1 saturated carbocycles. The molecular formula is C18H23NO5. The van der Waals surface area contributed by atoms with Crippen molar-refractivity contribution < 1.29 is 24.2 Å². The van der Waals surface area contributed by atoms with Gasteiger partial charge in [0.1, 0.15) is 5.75 Å². The Kier molecular flexibility index (Phi) is 4.49. The summed E-state index contributed by atoms with van der Waals surface area (Å²) in [6, 6.07) is 7.52. The van der Waals surface area contributed by atoms with Crippen LogP contribution in [-0.2, 0) is 19.7 Å². The zero-order valence-electron chi connectivity index (χ0n) is 13.8. The number of rotatable bonds is 6. The molecule has 1 saturated heterocycles. The standard InChI is InChI=1S/C18H23NO5/c1-23-14-5-3-2-4-13(14)18(6-7-18)15(20)19-12-17(16(21)22)8-10-24-11-9-17/h2-5H,6-12H2,1H3,(H,19,20)(H,21,22). The van der Waals surface area contributed by atoms with Crippen molar-refractivity contribution in [2.75, 3.05) is 26.9 Å². The van der Waals surface area contributed by atoms with E-state index in [9.17, 15) is 14.7 Å². The highest BCUT2D eigenvalue weighted by molar-refractivity contribution is 5.92. The van der Waals surface area contributed by atoms with Gasteiger partial charge in [0.2, 0.25) is 5.91 Å². The van der Waals surface area contributed by atoms with Crippen molar-refractivity contribution in [3.05, 3.63) is 29.8 Å². The summed E-state index contributed by atoms with van der Waals surface area (Å²) in [5.74, 6) is -0.281. The van der Waals surface area contributed by atoms with Gasteiger partial charge in [-0.3, -0.25) is 9.59 Å². The third kappa shape index (κ3) is 2.86. The molecule has 1 aliphatic heterocycles. The van der Waals surface area contributed by atoms with Crippen LogP contribution >= 0.6 is 0 Å². The van der Waals surface area contributed by atoms with Crippen molar-refractivity contribution in [3.63, 3.8) is 0 Å². The maximum absolute atomic E-state index is 12.8. The minimum atomic E-state index is -0.926. The smallest absolute Gasteiger partial charge is 0.311 e. The molecule has 3 rings (SSSR count). The number of benzene rings is 1. The van der Waals surface area contributed by atoms with Crippen LogP contribution in [0.25, 0.3) is 0 Å². The van der Waals surface area contributed by atoms with E-state index in [1.165, 1.54) is 0 Å². The number of carboxylic acids is 1. The predicted molar refractivity (Wildman–Crippen MR) is 87.0 cm³/mol. The molecule has 0 radical (unpaired) electrons. The van der Waals surface area contributed by atoms with E-state index in [1.54, 1.807) is 7.11 Å². The van der Waals surface area contributed by atoms with Crippen LogP contribution < -0.4 is 10.1 Å². The Morgan fingerprint density at radius 3 is 2.46 bits per heavy atom. The second kappa shape index (κ2) is 6.43. The Bertz CT molecular complexity index is 632. The molecule has 6 nitrogen and oxygen atoms in total. The Labute approximate surface area is 141 Å². The second-order valence-corrected chi connectivity index (χ2v) is 6.66. The van der Waals surface area contributed by atoms with E-state index in [0.717, 1.165) is 18.4 Å². The molecule has 130 valence electrons. The lowest BCUT2D eigenvalue weighted by Crippen LogP contribution is -2.48. The number of ether oxygens (including phenoxy) is 2. The SMILES string of the molecule is COc1ccccc1C1(C(=O)NCC2(C(=O)O)CCOCC2)CC1. The molecule has 1 aromatic rings. The highest BCUT2D eigenvalue weighted by atomic mass is 16.5. The lowest BCUT2D eigenvalue weighted by molar-refractivity contribution is -0.154. The zero-order chi connectivity index (χ0) is 17.2. The molecule has 24 heavy (non-hydrogen) atoms. The van der Waals surface area contributed by atoms with Crippen LogP contribution in [0, 0.1) is 5.41 Å². The van der Waals surface area contributed by atoms with Crippen molar-refractivity contribution in [2.24, 2.45) is 5.41 Å². The van der Waals surface area contributed by atoms with Crippen LogP contribution in [0.4, 0.5) is 0 Å². The number of nitrogens with one attached hydrogen (secondary N) is 1. The Hall–Kier alpha value is -2.08. The number of hydrogen-bond donors (Lipinski definition) is 2. The fraction of sp³-hybridized carbons (Fsp3) is 0.556. The van der Waals surface area contributed by atoms with Crippen LogP contribution in [0.2, 0.25) is 0 Å². The molecule has 1 aliphatic carbocycles. The third-order valence-corrected chi connectivity index (χ3v) is 5.30. The summed E-state index contributed by atoms with van der Waals surface area (Å²) in [6.45, 7) is 0.973.